The number of aromatic carboxylic acids is 1. The van der Waals surface area contributed by atoms with Gasteiger partial charge in [-0.3, -0.25) is 5.41 Å². The highest BCUT2D eigenvalue weighted by Crippen LogP contribution is 2.32. The monoisotopic (exact) mass is 574 g/mol. The number of anilines is 1. The van der Waals surface area contributed by atoms with Crippen molar-refractivity contribution in [3.63, 3.8) is 0 Å². The number of methoxy groups -OCH3 is 1. The van der Waals surface area contributed by atoms with Crippen molar-refractivity contribution in [1.82, 2.24) is 4.72 Å². The standard InChI is InChI=1S/C30H30N4O6S/c1-39-28-17-23(11-16-27(28)40-19-20-5-3-2-4-6-20)26(18-33-24-12-7-21(8-13-24)29(31)32)34-41(37,38)25-14-9-22(10-15-25)30(35)36/h2-17,26,33-34H,18-19H2,1H3,(H3,31,32)(H,35,36). The number of benzene rings is 4. The maximum Gasteiger partial charge on any atom is 0.335 e. The maximum absolute atomic E-state index is 13.3. The van der Waals surface area contributed by atoms with Crippen molar-refractivity contribution in [1.29, 1.82) is 5.41 Å². The average molecular weight is 575 g/mol. The molecule has 0 saturated heterocycles. The van der Waals surface area contributed by atoms with Crippen molar-refractivity contribution in [2.45, 2.75) is 17.5 Å². The molecule has 0 saturated carbocycles. The van der Waals surface area contributed by atoms with Gasteiger partial charge in [-0.15, -0.1) is 0 Å². The molecule has 6 N–H and O–H groups in total. The Morgan fingerprint density at radius 1 is 0.927 bits per heavy atom. The summed E-state index contributed by atoms with van der Waals surface area (Å²) < 4.78 is 40.9. The Kier molecular flexibility index (Phi) is 9.23. The normalized spacial score (nSPS) is 11.8. The second kappa shape index (κ2) is 13.0. The number of carboxylic acids is 1. The van der Waals surface area contributed by atoms with Gasteiger partial charge in [-0.25, -0.2) is 17.9 Å². The SMILES string of the molecule is COc1cc(C(CNc2ccc(C(=N)N)cc2)NS(=O)(=O)c2ccc(C(=O)O)cc2)ccc1OCc1ccccc1. The van der Waals surface area contributed by atoms with Crippen molar-refractivity contribution in [3.8, 4) is 11.5 Å². The molecule has 4 aromatic carbocycles. The van der Waals surface area contributed by atoms with Crippen LogP contribution < -0.4 is 25.2 Å². The summed E-state index contributed by atoms with van der Waals surface area (Å²) in [5.74, 6) is -0.280. The van der Waals surface area contributed by atoms with Crippen LogP contribution in [0.25, 0.3) is 0 Å². The highest BCUT2D eigenvalue weighted by atomic mass is 32.2. The van der Waals surface area contributed by atoms with Gasteiger partial charge >= 0.3 is 5.97 Å². The second-order valence-electron chi connectivity index (χ2n) is 9.06. The van der Waals surface area contributed by atoms with Gasteiger partial charge < -0.3 is 25.6 Å². The third kappa shape index (κ3) is 7.62. The lowest BCUT2D eigenvalue weighted by Gasteiger charge is -2.22. The number of carboxylic acid groups (broad SMARTS) is 1. The Hall–Kier alpha value is -4.87. The highest BCUT2D eigenvalue weighted by Gasteiger charge is 2.23. The summed E-state index contributed by atoms with van der Waals surface area (Å²) in [6, 6.07) is 25.9. The van der Waals surface area contributed by atoms with E-state index in [0.717, 1.165) is 5.56 Å². The molecule has 4 aromatic rings. The van der Waals surface area contributed by atoms with Crippen LogP contribution in [-0.2, 0) is 16.6 Å². The Bertz CT molecular complexity index is 1610. The molecule has 1 unspecified atom stereocenters. The van der Waals surface area contributed by atoms with Gasteiger partial charge in [0.25, 0.3) is 0 Å². The molecule has 0 radical (unpaired) electrons. The van der Waals surface area contributed by atoms with E-state index in [2.05, 4.69) is 10.0 Å². The number of amidine groups is 1. The number of nitrogens with two attached hydrogens (primary N) is 1. The van der Waals surface area contributed by atoms with E-state index >= 15 is 0 Å². The van der Waals surface area contributed by atoms with E-state index < -0.39 is 22.0 Å². The number of carbonyl (C=O) groups is 1. The Balaban J connectivity index is 1.60. The second-order valence-corrected chi connectivity index (χ2v) is 10.8. The number of hydrogen-bond acceptors (Lipinski definition) is 7. The Morgan fingerprint density at radius 2 is 1.59 bits per heavy atom. The van der Waals surface area contributed by atoms with Gasteiger partial charge in [-0.2, -0.15) is 0 Å². The van der Waals surface area contributed by atoms with E-state index in [-0.39, 0.29) is 22.8 Å². The van der Waals surface area contributed by atoms with Gasteiger partial charge in [0.05, 0.1) is 23.6 Å². The largest absolute Gasteiger partial charge is 0.493 e. The zero-order valence-corrected chi connectivity index (χ0v) is 23.0. The van der Waals surface area contributed by atoms with E-state index in [0.29, 0.717) is 34.9 Å². The molecule has 1 atom stereocenters. The molecule has 212 valence electrons. The molecular weight excluding hydrogens is 544 g/mol. The lowest BCUT2D eigenvalue weighted by molar-refractivity contribution is 0.0696. The summed E-state index contributed by atoms with van der Waals surface area (Å²) in [6.45, 7) is 0.482. The van der Waals surface area contributed by atoms with Crippen LogP contribution in [0.4, 0.5) is 5.69 Å². The van der Waals surface area contributed by atoms with E-state index in [9.17, 15) is 13.2 Å². The number of sulfonamides is 1. The lowest BCUT2D eigenvalue weighted by atomic mass is 10.1. The summed E-state index contributed by atoms with van der Waals surface area (Å²) in [5, 5.41) is 19.9. The van der Waals surface area contributed by atoms with Crippen molar-refractivity contribution < 1.29 is 27.8 Å². The van der Waals surface area contributed by atoms with Crippen LogP contribution >= 0.6 is 0 Å². The molecule has 0 aromatic heterocycles. The van der Waals surface area contributed by atoms with Crippen molar-refractivity contribution in [2.24, 2.45) is 5.73 Å². The first-order chi connectivity index (χ1) is 19.7. The summed E-state index contributed by atoms with van der Waals surface area (Å²) >= 11 is 0. The first-order valence-corrected chi connectivity index (χ1v) is 14.0. The minimum absolute atomic E-state index is 0.0213. The molecule has 0 fully saturated rings. The van der Waals surface area contributed by atoms with Crippen molar-refractivity contribution in [3.05, 3.63) is 119 Å². The number of ether oxygens (including phenoxy) is 2. The first kappa shape index (κ1) is 29.1. The number of nitrogens with one attached hydrogen (secondary N) is 3. The van der Waals surface area contributed by atoms with Gasteiger partial charge in [-0.05, 0) is 71.8 Å². The van der Waals surface area contributed by atoms with Crippen molar-refractivity contribution >= 4 is 27.5 Å². The molecule has 11 heteroatoms. The molecule has 0 bridgehead atoms. The highest BCUT2D eigenvalue weighted by molar-refractivity contribution is 7.89. The number of nitrogen functional groups attached to an aromatic ring is 1. The minimum Gasteiger partial charge on any atom is -0.493 e. The summed E-state index contributed by atoms with van der Waals surface area (Å²) in [4.78, 5) is 11.1. The molecule has 10 nitrogen and oxygen atoms in total. The molecule has 0 amide bonds. The number of rotatable bonds is 13. The van der Waals surface area contributed by atoms with E-state index in [1.807, 2.05) is 30.3 Å². The van der Waals surface area contributed by atoms with Crippen LogP contribution in [-0.4, -0.2) is 39.0 Å². The fraction of sp³-hybridized carbons (Fsp3) is 0.133. The van der Waals surface area contributed by atoms with Gasteiger partial charge in [0, 0.05) is 17.8 Å². The van der Waals surface area contributed by atoms with Crippen LogP contribution in [0.2, 0.25) is 0 Å². The summed E-state index contributed by atoms with van der Waals surface area (Å²) in [5.41, 5.74) is 8.36. The third-order valence-electron chi connectivity index (χ3n) is 6.24. The van der Waals surface area contributed by atoms with Gasteiger partial charge in [-0.1, -0.05) is 36.4 Å². The summed E-state index contributed by atoms with van der Waals surface area (Å²) in [7, 11) is -2.54. The zero-order chi connectivity index (χ0) is 29.4. The van der Waals surface area contributed by atoms with Crippen LogP contribution in [0, 0.1) is 5.41 Å². The molecule has 0 aliphatic carbocycles. The predicted octanol–water partition coefficient (Wildman–Crippen LogP) is 4.39. The topological polar surface area (TPSA) is 164 Å². The number of hydrogen-bond donors (Lipinski definition) is 5. The van der Waals surface area contributed by atoms with Crippen molar-refractivity contribution in [2.75, 3.05) is 19.0 Å². The lowest BCUT2D eigenvalue weighted by Crippen LogP contribution is -2.33. The van der Waals surface area contributed by atoms with Gasteiger partial charge in [0.15, 0.2) is 11.5 Å². The maximum atomic E-state index is 13.3. The predicted molar refractivity (Wildman–Crippen MR) is 156 cm³/mol. The minimum atomic E-state index is -4.05. The van der Waals surface area contributed by atoms with E-state index in [4.69, 9.17) is 25.7 Å². The molecule has 0 aliphatic rings. The summed E-state index contributed by atoms with van der Waals surface area (Å²) in [6.07, 6.45) is 0. The smallest absolute Gasteiger partial charge is 0.335 e. The quantitative estimate of drug-likeness (QED) is 0.116. The van der Waals surface area contributed by atoms with Gasteiger partial charge in [0.1, 0.15) is 12.4 Å². The van der Waals surface area contributed by atoms with Crippen LogP contribution in [0.1, 0.15) is 33.1 Å². The molecule has 41 heavy (non-hydrogen) atoms. The zero-order valence-electron chi connectivity index (χ0n) is 22.2. The van der Waals surface area contributed by atoms with Gasteiger partial charge in [0.2, 0.25) is 10.0 Å². The third-order valence-corrected chi connectivity index (χ3v) is 7.73. The fourth-order valence-electron chi connectivity index (χ4n) is 4.00. The Morgan fingerprint density at radius 3 is 2.20 bits per heavy atom. The van der Waals surface area contributed by atoms with Crippen LogP contribution in [0.15, 0.2) is 102 Å². The first-order valence-electron chi connectivity index (χ1n) is 12.5. The Labute approximate surface area is 238 Å². The molecule has 4 rings (SSSR count). The average Bonchev–Trinajstić information content (AvgIpc) is 2.98. The molecule has 0 spiro atoms. The van der Waals surface area contributed by atoms with Crippen LogP contribution in [0.3, 0.4) is 0 Å². The fourth-order valence-corrected chi connectivity index (χ4v) is 5.23. The van der Waals surface area contributed by atoms with E-state index in [1.165, 1.54) is 31.4 Å². The molecule has 0 heterocycles. The molecular formula is C30H30N4O6S. The van der Waals surface area contributed by atoms with E-state index in [1.54, 1.807) is 42.5 Å². The molecule has 0 aliphatic heterocycles. The van der Waals surface area contributed by atoms with Crippen LogP contribution in [0.5, 0.6) is 11.5 Å².